The molecule has 0 fully saturated rings. The Bertz CT molecular complexity index is 220. The zero-order chi connectivity index (χ0) is 6.53. The molecule has 0 aliphatic heterocycles. The van der Waals surface area contributed by atoms with E-state index in [1.807, 2.05) is 30.3 Å². The fourth-order valence-electron chi connectivity index (χ4n) is 0.645. The van der Waals surface area contributed by atoms with E-state index in [1.54, 1.807) is 6.21 Å². The molecule has 0 spiro atoms. The van der Waals surface area contributed by atoms with E-state index in [9.17, 15) is 0 Å². The number of hydrogen-bond donors (Lipinski definition) is 0. The van der Waals surface area contributed by atoms with Gasteiger partial charge in [0.1, 0.15) is 0 Å². The van der Waals surface area contributed by atoms with Crippen molar-refractivity contribution in [3.05, 3.63) is 35.9 Å². The molecule has 0 aromatic heterocycles. The standard InChI is InChI=1S/C8H8N/c1-9-7-8-5-3-2-4-6-8/h2-7H,1H2/q+1. The molecule has 1 nitrogen and oxygen atoms in total. The maximum absolute atomic E-state index is 3.63. The maximum atomic E-state index is 3.63. The zero-order valence-electron chi connectivity index (χ0n) is 5.12. The van der Waals surface area contributed by atoms with Crippen molar-refractivity contribution in [3.8, 4) is 0 Å². The predicted molar refractivity (Wildman–Crippen MR) is 40.9 cm³/mol. The monoisotopic (exact) mass is 118 g/mol. The first kappa shape index (κ1) is 5.80. The molecule has 0 heterocycles. The summed E-state index contributed by atoms with van der Waals surface area (Å²) in [6, 6.07) is 9.87. The Hall–Kier alpha value is -1.33. The van der Waals surface area contributed by atoms with E-state index in [2.05, 4.69) is 11.4 Å². The lowest BCUT2D eigenvalue weighted by Gasteiger charge is -1.79. The van der Waals surface area contributed by atoms with Crippen LogP contribution in [0.15, 0.2) is 30.3 Å². The molecule has 1 aromatic rings. The summed E-state index contributed by atoms with van der Waals surface area (Å²) < 4.78 is 3.63. The molecule has 0 unspecified atom stereocenters. The second-order valence-electron chi connectivity index (χ2n) is 1.72. The molecule has 0 N–H and O–H groups in total. The van der Waals surface area contributed by atoms with E-state index in [0.717, 1.165) is 5.56 Å². The van der Waals surface area contributed by atoms with Gasteiger partial charge in [-0.15, -0.1) is 4.67 Å². The molecule has 0 bridgehead atoms. The summed E-state index contributed by atoms with van der Waals surface area (Å²) in [6.45, 7) is 3.35. The van der Waals surface area contributed by atoms with Gasteiger partial charge in [-0.3, -0.25) is 0 Å². The molecule has 44 valence electrons. The summed E-state index contributed by atoms with van der Waals surface area (Å²) in [5.41, 5.74) is 1.09. The van der Waals surface area contributed by atoms with Crippen LogP contribution in [-0.2, 0) is 0 Å². The van der Waals surface area contributed by atoms with E-state index in [-0.39, 0.29) is 0 Å². The van der Waals surface area contributed by atoms with Gasteiger partial charge >= 0.3 is 0 Å². The third-order valence-electron chi connectivity index (χ3n) is 1.04. The van der Waals surface area contributed by atoms with Gasteiger partial charge in [-0.25, -0.2) is 0 Å². The fraction of sp³-hybridized carbons (Fsp3) is 0. The molecular formula is C8H8N+. The van der Waals surface area contributed by atoms with Crippen molar-refractivity contribution in [2.75, 3.05) is 0 Å². The average molecular weight is 118 g/mol. The first-order valence-electron chi connectivity index (χ1n) is 2.77. The van der Waals surface area contributed by atoms with Gasteiger partial charge in [0.05, 0.1) is 5.56 Å². The first-order chi connectivity index (χ1) is 4.43. The quantitative estimate of drug-likeness (QED) is 0.384. The molecule has 0 radical (unpaired) electrons. The van der Waals surface area contributed by atoms with Crippen molar-refractivity contribution in [2.45, 2.75) is 0 Å². The van der Waals surface area contributed by atoms with Crippen molar-refractivity contribution in [1.29, 1.82) is 0 Å². The second kappa shape index (κ2) is 2.85. The van der Waals surface area contributed by atoms with E-state index in [1.165, 1.54) is 0 Å². The molecule has 0 saturated carbocycles. The Morgan fingerprint density at radius 2 is 1.89 bits per heavy atom. The minimum absolute atomic E-state index is 1.09. The number of nitrogens with zero attached hydrogens (tertiary/aromatic N) is 1. The summed E-state index contributed by atoms with van der Waals surface area (Å²) >= 11 is 0. The average Bonchev–Trinajstić information content (AvgIpc) is 1.91. The highest BCUT2D eigenvalue weighted by Crippen LogP contribution is 1.91. The molecular weight excluding hydrogens is 110 g/mol. The van der Waals surface area contributed by atoms with Crippen molar-refractivity contribution >= 4 is 12.9 Å². The zero-order valence-corrected chi connectivity index (χ0v) is 5.12. The molecule has 9 heavy (non-hydrogen) atoms. The molecule has 0 amide bonds. The lowest BCUT2D eigenvalue weighted by Crippen LogP contribution is -1.79. The van der Waals surface area contributed by atoms with Crippen LogP contribution in [0.2, 0.25) is 0 Å². The van der Waals surface area contributed by atoms with Gasteiger partial charge in [-0.05, 0) is 12.1 Å². The van der Waals surface area contributed by atoms with Gasteiger partial charge < -0.3 is 0 Å². The van der Waals surface area contributed by atoms with Crippen LogP contribution in [0, 0.1) is 0 Å². The van der Waals surface area contributed by atoms with Crippen LogP contribution < -0.4 is 4.67 Å². The van der Waals surface area contributed by atoms with Crippen molar-refractivity contribution in [2.24, 2.45) is 0 Å². The summed E-state index contributed by atoms with van der Waals surface area (Å²) in [5, 5.41) is 0. The largest absolute Gasteiger partial charge is 0.298 e. The molecule has 1 rings (SSSR count). The van der Waals surface area contributed by atoms with Gasteiger partial charge in [0.2, 0.25) is 0 Å². The number of benzene rings is 1. The van der Waals surface area contributed by atoms with Gasteiger partial charge in [0, 0.05) is 0 Å². The van der Waals surface area contributed by atoms with Crippen LogP contribution >= 0.6 is 0 Å². The maximum Gasteiger partial charge on any atom is 0.298 e. The van der Waals surface area contributed by atoms with Gasteiger partial charge in [0.25, 0.3) is 12.9 Å². The van der Waals surface area contributed by atoms with Crippen LogP contribution in [0.5, 0.6) is 0 Å². The number of hydrogen-bond acceptors (Lipinski definition) is 0. The number of rotatable bonds is 1. The molecule has 0 aliphatic carbocycles. The highest BCUT2D eigenvalue weighted by molar-refractivity contribution is 5.79. The molecule has 0 saturated heterocycles. The third kappa shape index (κ3) is 1.56. The van der Waals surface area contributed by atoms with Gasteiger partial charge in [-0.1, -0.05) is 18.2 Å². The second-order valence-corrected chi connectivity index (χ2v) is 1.72. The lowest BCUT2D eigenvalue weighted by atomic mass is 10.2. The highest BCUT2D eigenvalue weighted by Gasteiger charge is 1.85. The Morgan fingerprint density at radius 3 is 2.44 bits per heavy atom. The van der Waals surface area contributed by atoms with E-state index in [4.69, 9.17) is 0 Å². The Labute approximate surface area is 54.4 Å². The van der Waals surface area contributed by atoms with Crippen molar-refractivity contribution < 1.29 is 0 Å². The minimum atomic E-state index is 1.09. The topological polar surface area (TPSA) is 14.1 Å². The SMILES string of the molecule is C=[N+]=Cc1ccccc1. The minimum Gasteiger partial charge on any atom is -0.108 e. The van der Waals surface area contributed by atoms with Crippen LogP contribution in [0.1, 0.15) is 5.56 Å². The van der Waals surface area contributed by atoms with E-state index < -0.39 is 0 Å². The summed E-state index contributed by atoms with van der Waals surface area (Å²) in [6.07, 6.45) is 1.72. The fourth-order valence-corrected chi connectivity index (χ4v) is 0.645. The van der Waals surface area contributed by atoms with Gasteiger partial charge in [0.15, 0.2) is 0 Å². The molecule has 0 aliphatic rings. The highest BCUT2D eigenvalue weighted by atomic mass is 14.5. The first-order valence-corrected chi connectivity index (χ1v) is 2.77. The van der Waals surface area contributed by atoms with Crippen LogP contribution in [-0.4, -0.2) is 12.9 Å². The Kier molecular flexibility index (Phi) is 1.84. The van der Waals surface area contributed by atoms with Crippen molar-refractivity contribution in [3.63, 3.8) is 0 Å². The summed E-state index contributed by atoms with van der Waals surface area (Å²) in [5.74, 6) is 0. The lowest BCUT2D eigenvalue weighted by molar-refractivity contribution is 1.64. The summed E-state index contributed by atoms with van der Waals surface area (Å²) in [4.78, 5) is 0. The predicted octanol–water partition coefficient (Wildman–Crippen LogP) is 0.873. The summed E-state index contributed by atoms with van der Waals surface area (Å²) in [7, 11) is 0. The molecule has 0 atom stereocenters. The molecule has 1 heteroatoms. The van der Waals surface area contributed by atoms with Crippen LogP contribution in [0.25, 0.3) is 0 Å². The van der Waals surface area contributed by atoms with Crippen LogP contribution in [0.3, 0.4) is 0 Å². The van der Waals surface area contributed by atoms with E-state index >= 15 is 0 Å². The normalized spacial score (nSPS) is 8.00. The van der Waals surface area contributed by atoms with Gasteiger partial charge in [-0.2, -0.15) is 0 Å². The molecule has 1 aromatic carbocycles. The Balaban J connectivity index is 2.97. The third-order valence-corrected chi connectivity index (χ3v) is 1.04. The van der Waals surface area contributed by atoms with E-state index in [0.29, 0.717) is 0 Å². The Morgan fingerprint density at radius 1 is 1.22 bits per heavy atom. The van der Waals surface area contributed by atoms with Crippen LogP contribution in [0.4, 0.5) is 0 Å². The van der Waals surface area contributed by atoms with Crippen molar-refractivity contribution in [1.82, 2.24) is 4.67 Å². The smallest absolute Gasteiger partial charge is 0.108 e.